The highest BCUT2D eigenvalue weighted by atomic mass is 35.5. The van der Waals surface area contributed by atoms with Gasteiger partial charge in [0.05, 0.1) is 18.1 Å². The second-order valence-corrected chi connectivity index (χ2v) is 5.75. The first-order valence-electron chi connectivity index (χ1n) is 6.40. The van der Waals surface area contributed by atoms with Gasteiger partial charge in [-0.05, 0) is 25.7 Å². The Hall–Kier alpha value is -0.280. The lowest BCUT2D eigenvalue weighted by atomic mass is 9.88. The molecule has 4 heteroatoms. The molecule has 1 amide bonds. The van der Waals surface area contributed by atoms with Gasteiger partial charge in [0.25, 0.3) is 0 Å². The van der Waals surface area contributed by atoms with E-state index in [0.29, 0.717) is 11.8 Å². The zero-order valence-electron chi connectivity index (χ0n) is 11.4. The van der Waals surface area contributed by atoms with E-state index in [9.17, 15) is 4.79 Å². The van der Waals surface area contributed by atoms with Crippen LogP contribution >= 0.6 is 11.6 Å². The van der Waals surface area contributed by atoms with Gasteiger partial charge >= 0.3 is 0 Å². The standard InChI is InChI=1S/C13H24ClNO2/c1-7(2)11(6-14)15-13(16)12-8(3)9(4)17-10(12)5/h7-12H,6H2,1-5H3,(H,15,16). The van der Waals surface area contributed by atoms with E-state index in [1.54, 1.807) is 0 Å². The highest BCUT2D eigenvalue weighted by molar-refractivity contribution is 6.18. The van der Waals surface area contributed by atoms with E-state index >= 15 is 0 Å². The van der Waals surface area contributed by atoms with E-state index in [-0.39, 0.29) is 36.0 Å². The summed E-state index contributed by atoms with van der Waals surface area (Å²) in [4.78, 5) is 12.2. The predicted octanol–water partition coefficient (Wildman–Crippen LogP) is 2.43. The van der Waals surface area contributed by atoms with E-state index in [4.69, 9.17) is 16.3 Å². The van der Waals surface area contributed by atoms with Gasteiger partial charge < -0.3 is 10.1 Å². The summed E-state index contributed by atoms with van der Waals surface area (Å²) in [5, 5.41) is 3.04. The molecule has 0 aromatic rings. The quantitative estimate of drug-likeness (QED) is 0.790. The van der Waals surface area contributed by atoms with Crippen molar-refractivity contribution in [2.45, 2.75) is 52.9 Å². The minimum Gasteiger partial charge on any atom is -0.374 e. The topological polar surface area (TPSA) is 38.3 Å². The maximum atomic E-state index is 12.2. The molecular weight excluding hydrogens is 238 g/mol. The second-order valence-electron chi connectivity index (χ2n) is 5.44. The number of hydrogen-bond acceptors (Lipinski definition) is 2. The molecule has 3 nitrogen and oxygen atoms in total. The molecule has 1 saturated heterocycles. The van der Waals surface area contributed by atoms with Crippen molar-refractivity contribution in [3.05, 3.63) is 0 Å². The Labute approximate surface area is 109 Å². The molecule has 1 fully saturated rings. The smallest absolute Gasteiger partial charge is 0.226 e. The van der Waals surface area contributed by atoms with Crippen LogP contribution in [-0.4, -0.2) is 30.0 Å². The van der Waals surface area contributed by atoms with E-state index < -0.39 is 0 Å². The van der Waals surface area contributed by atoms with E-state index in [1.165, 1.54) is 0 Å². The van der Waals surface area contributed by atoms with Gasteiger partial charge in [-0.1, -0.05) is 20.8 Å². The van der Waals surface area contributed by atoms with Crippen LogP contribution in [-0.2, 0) is 9.53 Å². The maximum absolute atomic E-state index is 12.2. The van der Waals surface area contributed by atoms with Crippen LogP contribution in [0, 0.1) is 17.8 Å². The fourth-order valence-electron chi connectivity index (χ4n) is 2.38. The summed E-state index contributed by atoms with van der Waals surface area (Å²) in [5.41, 5.74) is 0. The van der Waals surface area contributed by atoms with Crippen LogP contribution in [0.4, 0.5) is 0 Å². The van der Waals surface area contributed by atoms with Crippen molar-refractivity contribution in [3.63, 3.8) is 0 Å². The van der Waals surface area contributed by atoms with Crippen LogP contribution in [0.5, 0.6) is 0 Å². The lowest BCUT2D eigenvalue weighted by Gasteiger charge is -2.24. The van der Waals surface area contributed by atoms with Gasteiger partial charge in [0.15, 0.2) is 0 Å². The minimum absolute atomic E-state index is 0.0110. The Morgan fingerprint density at radius 3 is 2.24 bits per heavy atom. The summed E-state index contributed by atoms with van der Waals surface area (Å²) in [6.45, 7) is 10.2. The average molecular weight is 262 g/mol. The molecule has 5 atom stereocenters. The highest BCUT2D eigenvalue weighted by Crippen LogP contribution is 2.32. The third-order valence-electron chi connectivity index (χ3n) is 3.84. The molecule has 1 aliphatic rings. The highest BCUT2D eigenvalue weighted by Gasteiger charge is 2.42. The van der Waals surface area contributed by atoms with Crippen molar-refractivity contribution >= 4 is 17.5 Å². The zero-order valence-corrected chi connectivity index (χ0v) is 12.1. The molecule has 0 aromatic heterocycles. The number of carbonyl (C=O) groups excluding carboxylic acids is 1. The number of alkyl halides is 1. The normalized spacial score (nSPS) is 35.0. The Morgan fingerprint density at radius 2 is 1.88 bits per heavy atom. The van der Waals surface area contributed by atoms with E-state index in [0.717, 1.165) is 0 Å². The third-order valence-corrected chi connectivity index (χ3v) is 4.18. The number of ether oxygens (including phenoxy) is 1. The van der Waals surface area contributed by atoms with Crippen molar-refractivity contribution in [1.82, 2.24) is 5.32 Å². The molecular formula is C13H24ClNO2. The number of rotatable bonds is 4. The van der Waals surface area contributed by atoms with Gasteiger partial charge in [0.1, 0.15) is 0 Å². The van der Waals surface area contributed by atoms with Gasteiger partial charge in [0.2, 0.25) is 5.91 Å². The number of hydrogen-bond donors (Lipinski definition) is 1. The number of halogens is 1. The molecule has 1 rings (SSSR count). The van der Waals surface area contributed by atoms with Gasteiger partial charge in [-0.15, -0.1) is 11.6 Å². The molecule has 0 aliphatic carbocycles. The number of amides is 1. The van der Waals surface area contributed by atoms with Gasteiger partial charge in [0, 0.05) is 11.9 Å². The molecule has 17 heavy (non-hydrogen) atoms. The second kappa shape index (κ2) is 6.05. The lowest BCUT2D eigenvalue weighted by Crippen LogP contribution is -2.45. The van der Waals surface area contributed by atoms with Crippen LogP contribution in [0.3, 0.4) is 0 Å². The molecule has 5 unspecified atom stereocenters. The Kier molecular flexibility index (Phi) is 5.26. The molecule has 0 saturated carbocycles. The Bertz CT molecular complexity index is 270. The predicted molar refractivity (Wildman–Crippen MR) is 70.2 cm³/mol. The SMILES string of the molecule is CC(C)C(CCl)NC(=O)C1C(C)OC(C)C1C. The summed E-state index contributed by atoms with van der Waals surface area (Å²) in [5.74, 6) is 1.08. The molecule has 0 radical (unpaired) electrons. The van der Waals surface area contributed by atoms with Crippen molar-refractivity contribution in [1.29, 1.82) is 0 Å². The first kappa shape index (κ1) is 14.8. The van der Waals surface area contributed by atoms with Crippen LogP contribution in [0.2, 0.25) is 0 Å². The van der Waals surface area contributed by atoms with E-state index in [1.807, 2.05) is 13.8 Å². The first-order valence-corrected chi connectivity index (χ1v) is 6.93. The molecule has 1 heterocycles. The van der Waals surface area contributed by atoms with Gasteiger partial charge in [-0.2, -0.15) is 0 Å². The molecule has 1 aliphatic heterocycles. The third kappa shape index (κ3) is 3.35. The molecule has 0 spiro atoms. The Morgan fingerprint density at radius 1 is 1.29 bits per heavy atom. The van der Waals surface area contributed by atoms with Crippen molar-refractivity contribution in [3.8, 4) is 0 Å². The zero-order chi connectivity index (χ0) is 13.2. The van der Waals surface area contributed by atoms with Gasteiger partial charge in [-0.3, -0.25) is 4.79 Å². The molecule has 0 aromatic carbocycles. The fourth-order valence-corrected chi connectivity index (χ4v) is 2.81. The van der Waals surface area contributed by atoms with Crippen LogP contribution in [0.15, 0.2) is 0 Å². The van der Waals surface area contributed by atoms with Crippen LogP contribution in [0.25, 0.3) is 0 Å². The molecule has 100 valence electrons. The number of nitrogens with one attached hydrogen (secondary N) is 1. The summed E-state index contributed by atoms with van der Waals surface area (Å²) in [7, 11) is 0. The van der Waals surface area contributed by atoms with Crippen molar-refractivity contribution in [2.24, 2.45) is 17.8 Å². The Balaban J connectivity index is 2.64. The number of carbonyl (C=O) groups is 1. The van der Waals surface area contributed by atoms with Gasteiger partial charge in [-0.25, -0.2) is 0 Å². The van der Waals surface area contributed by atoms with Crippen LogP contribution < -0.4 is 5.32 Å². The fraction of sp³-hybridized carbons (Fsp3) is 0.923. The van der Waals surface area contributed by atoms with Crippen LogP contribution in [0.1, 0.15) is 34.6 Å². The summed E-state index contributed by atoms with van der Waals surface area (Å²) < 4.78 is 5.69. The monoisotopic (exact) mass is 261 g/mol. The molecule has 1 N–H and O–H groups in total. The first-order chi connectivity index (χ1) is 7.88. The molecule has 0 bridgehead atoms. The average Bonchev–Trinajstić information content (AvgIpc) is 2.49. The lowest BCUT2D eigenvalue weighted by molar-refractivity contribution is -0.128. The summed E-state index contributed by atoms with van der Waals surface area (Å²) in [6, 6.07) is 0.0412. The van der Waals surface area contributed by atoms with Crippen molar-refractivity contribution in [2.75, 3.05) is 5.88 Å². The van der Waals surface area contributed by atoms with E-state index in [2.05, 4.69) is 26.1 Å². The largest absolute Gasteiger partial charge is 0.374 e. The summed E-state index contributed by atoms with van der Waals surface area (Å²) in [6.07, 6.45) is 0.136. The summed E-state index contributed by atoms with van der Waals surface area (Å²) >= 11 is 5.87. The minimum atomic E-state index is -0.0607. The maximum Gasteiger partial charge on any atom is 0.226 e. The van der Waals surface area contributed by atoms with Crippen molar-refractivity contribution < 1.29 is 9.53 Å².